The number of ether oxygens (including phenoxy) is 2. The van der Waals surface area contributed by atoms with E-state index in [-0.39, 0.29) is 11.6 Å². The van der Waals surface area contributed by atoms with E-state index in [4.69, 9.17) is 32.7 Å². The molecule has 1 aliphatic rings. The number of cyclic esters (lactones) is 1. The van der Waals surface area contributed by atoms with E-state index < -0.39 is 11.9 Å². The van der Waals surface area contributed by atoms with Gasteiger partial charge in [0.05, 0.1) is 5.56 Å². The maximum atomic E-state index is 12.2. The molecule has 0 bridgehead atoms. The number of aliphatic imine (C=N–C) groups is 1. The number of esters is 2. The number of hydrogen-bond acceptors (Lipinski definition) is 5. The summed E-state index contributed by atoms with van der Waals surface area (Å²) in [5.74, 6) is -0.479. The number of halogens is 2. The standard InChI is InChI=1S/C23H13Cl2NO4/c24-17-8-6-15(7-9-17)22(27)29-19-10-4-14(5-11-19)12-20-23(28)30-21(26-20)16-2-1-3-18(25)13-16/h1-13H. The van der Waals surface area contributed by atoms with Crippen molar-refractivity contribution in [3.05, 3.63) is 105 Å². The minimum atomic E-state index is -0.553. The first-order valence-corrected chi connectivity index (χ1v) is 9.60. The summed E-state index contributed by atoms with van der Waals surface area (Å²) in [7, 11) is 0. The largest absolute Gasteiger partial charge is 0.423 e. The van der Waals surface area contributed by atoms with Gasteiger partial charge in [-0.1, -0.05) is 41.4 Å². The van der Waals surface area contributed by atoms with E-state index >= 15 is 0 Å². The topological polar surface area (TPSA) is 65.0 Å². The first-order valence-electron chi connectivity index (χ1n) is 8.84. The lowest BCUT2D eigenvalue weighted by atomic mass is 10.2. The lowest BCUT2D eigenvalue weighted by Crippen LogP contribution is -2.08. The zero-order chi connectivity index (χ0) is 21.1. The quantitative estimate of drug-likeness (QED) is 0.304. The van der Waals surface area contributed by atoms with Crippen molar-refractivity contribution in [3.63, 3.8) is 0 Å². The molecule has 0 amide bonds. The van der Waals surface area contributed by atoms with Gasteiger partial charge in [0, 0.05) is 15.6 Å². The summed E-state index contributed by atoms with van der Waals surface area (Å²) < 4.78 is 10.6. The van der Waals surface area contributed by atoms with Gasteiger partial charge in [0.15, 0.2) is 5.70 Å². The Morgan fingerprint density at radius 2 is 1.67 bits per heavy atom. The molecule has 0 N–H and O–H groups in total. The Kier molecular flexibility index (Phi) is 5.65. The Morgan fingerprint density at radius 1 is 0.933 bits per heavy atom. The fraction of sp³-hybridized carbons (Fsp3) is 0. The van der Waals surface area contributed by atoms with Gasteiger partial charge in [-0.25, -0.2) is 14.6 Å². The van der Waals surface area contributed by atoms with Gasteiger partial charge in [0.1, 0.15) is 5.75 Å². The molecule has 30 heavy (non-hydrogen) atoms. The van der Waals surface area contributed by atoms with Gasteiger partial charge in [-0.15, -0.1) is 0 Å². The van der Waals surface area contributed by atoms with Crippen molar-refractivity contribution in [1.29, 1.82) is 0 Å². The van der Waals surface area contributed by atoms with Crippen LogP contribution in [0.3, 0.4) is 0 Å². The summed E-state index contributed by atoms with van der Waals surface area (Å²) >= 11 is 11.8. The molecule has 3 aromatic rings. The maximum absolute atomic E-state index is 12.2. The van der Waals surface area contributed by atoms with Gasteiger partial charge < -0.3 is 9.47 Å². The molecule has 7 heteroatoms. The van der Waals surface area contributed by atoms with Gasteiger partial charge in [0.2, 0.25) is 5.90 Å². The zero-order valence-electron chi connectivity index (χ0n) is 15.3. The highest BCUT2D eigenvalue weighted by Crippen LogP contribution is 2.22. The third-order valence-electron chi connectivity index (χ3n) is 4.17. The van der Waals surface area contributed by atoms with E-state index in [1.807, 2.05) is 0 Å². The summed E-state index contributed by atoms with van der Waals surface area (Å²) in [6, 6.07) is 20.0. The second kappa shape index (κ2) is 8.53. The van der Waals surface area contributed by atoms with Gasteiger partial charge in [0.25, 0.3) is 0 Å². The van der Waals surface area contributed by atoms with E-state index in [9.17, 15) is 9.59 Å². The maximum Gasteiger partial charge on any atom is 0.363 e. The molecule has 5 nitrogen and oxygen atoms in total. The normalized spacial score (nSPS) is 14.4. The molecule has 0 fully saturated rings. The van der Waals surface area contributed by atoms with Crippen LogP contribution in [-0.4, -0.2) is 17.8 Å². The lowest BCUT2D eigenvalue weighted by molar-refractivity contribution is -0.129. The number of nitrogens with zero attached hydrogens (tertiary/aromatic N) is 1. The van der Waals surface area contributed by atoms with Crippen molar-refractivity contribution in [2.45, 2.75) is 0 Å². The first-order chi connectivity index (χ1) is 14.5. The van der Waals surface area contributed by atoms with Crippen LogP contribution in [0.15, 0.2) is 83.5 Å². The van der Waals surface area contributed by atoms with Crippen LogP contribution in [0.1, 0.15) is 21.5 Å². The highest BCUT2D eigenvalue weighted by atomic mass is 35.5. The smallest absolute Gasteiger partial charge is 0.363 e. The average Bonchev–Trinajstić information content (AvgIpc) is 3.10. The molecule has 3 aromatic carbocycles. The van der Waals surface area contributed by atoms with E-state index in [2.05, 4.69) is 4.99 Å². The Bertz CT molecular complexity index is 1180. The molecule has 1 aliphatic heterocycles. The Labute approximate surface area is 182 Å². The van der Waals surface area contributed by atoms with Crippen LogP contribution >= 0.6 is 23.2 Å². The van der Waals surface area contributed by atoms with Crippen LogP contribution in [0, 0.1) is 0 Å². The highest BCUT2D eigenvalue weighted by Gasteiger charge is 2.24. The summed E-state index contributed by atoms with van der Waals surface area (Å²) in [5, 5.41) is 1.06. The molecule has 4 rings (SSSR count). The molecule has 0 aliphatic carbocycles. The predicted octanol–water partition coefficient (Wildman–Crippen LogP) is 5.56. The van der Waals surface area contributed by atoms with Gasteiger partial charge in [-0.3, -0.25) is 0 Å². The van der Waals surface area contributed by atoms with Crippen molar-refractivity contribution in [3.8, 4) is 5.75 Å². The van der Waals surface area contributed by atoms with Crippen LogP contribution in [0.2, 0.25) is 10.0 Å². The van der Waals surface area contributed by atoms with E-state index in [0.717, 1.165) is 0 Å². The molecule has 0 radical (unpaired) electrons. The minimum absolute atomic E-state index is 0.163. The van der Waals surface area contributed by atoms with Crippen molar-refractivity contribution in [2.75, 3.05) is 0 Å². The summed E-state index contributed by atoms with van der Waals surface area (Å²) in [6.07, 6.45) is 1.59. The van der Waals surface area contributed by atoms with Gasteiger partial charge >= 0.3 is 11.9 Å². The van der Waals surface area contributed by atoms with Crippen LogP contribution < -0.4 is 4.74 Å². The van der Waals surface area contributed by atoms with E-state index in [1.165, 1.54) is 0 Å². The van der Waals surface area contributed by atoms with Crippen molar-refractivity contribution < 1.29 is 19.1 Å². The minimum Gasteiger partial charge on any atom is -0.423 e. The summed E-state index contributed by atoms with van der Waals surface area (Å²) in [6.45, 7) is 0. The van der Waals surface area contributed by atoms with Gasteiger partial charge in [-0.2, -0.15) is 0 Å². The molecule has 148 valence electrons. The average molecular weight is 438 g/mol. The molecule has 0 saturated heterocycles. The van der Waals surface area contributed by atoms with Crippen LogP contribution in [-0.2, 0) is 9.53 Å². The van der Waals surface area contributed by atoms with Crippen molar-refractivity contribution in [2.24, 2.45) is 4.99 Å². The molecule has 0 saturated carbocycles. The monoisotopic (exact) mass is 437 g/mol. The summed E-state index contributed by atoms with van der Waals surface area (Å²) in [5.41, 5.74) is 1.87. The molecule has 1 heterocycles. The number of carbonyl (C=O) groups is 2. The third-order valence-corrected chi connectivity index (χ3v) is 4.65. The summed E-state index contributed by atoms with van der Waals surface area (Å²) in [4.78, 5) is 28.5. The van der Waals surface area contributed by atoms with Crippen molar-refractivity contribution in [1.82, 2.24) is 0 Å². The zero-order valence-corrected chi connectivity index (χ0v) is 16.9. The molecule has 0 atom stereocenters. The predicted molar refractivity (Wildman–Crippen MR) is 115 cm³/mol. The molecular formula is C23H13Cl2NO4. The fourth-order valence-electron chi connectivity index (χ4n) is 2.70. The Morgan fingerprint density at radius 3 is 2.37 bits per heavy atom. The van der Waals surface area contributed by atoms with Crippen LogP contribution in [0.5, 0.6) is 5.75 Å². The first kappa shape index (κ1) is 19.9. The van der Waals surface area contributed by atoms with Crippen molar-refractivity contribution >= 4 is 47.1 Å². The molecular weight excluding hydrogens is 425 g/mol. The van der Waals surface area contributed by atoms with Crippen LogP contribution in [0.25, 0.3) is 6.08 Å². The van der Waals surface area contributed by atoms with E-state index in [0.29, 0.717) is 32.5 Å². The number of benzene rings is 3. The third kappa shape index (κ3) is 4.59. The Hall–Kier alpha value is -3.41. The SMILES string of the molecule is O=C1OC(c2cccc(Cl)c2)=NC1=Cc1ccc(OC(=O)c2ccc(Cl)cc2)cc1. The number of rotatable bonds is 4. The number of hydrogen-bond donors (Lipinski definition) is 0. The number of carbonyl (C=O) groups excluding carboxylic acids is 2. The molecule has 0 spiro atoms. The Balaban J connectivity index is 1.48. The second-order valence-electron chi connectivity index (χ2n) is 6.31. The lowest BCUT2D eigenvalue weighted by Gasteiger charge is -2.05. The fourth-order valence-corrected chi connectivity index (χ4v) is 3.01. The van der Waals surface area contributed by atoms with Crippen LogP contribution in [0.4, 0.5) is 0 Å². The molecule has 0 aromatic heterocycles. The second-order valence-corrected chi connectivity index (χ2v) is 7.18. The van der Waals surface area contributed by atoms with Gasteiger partial charge in [-0.05, 0) is 66.2 Å². The molecule has 0 unspecified atom stereocenters. The highest BCUT2D eigenvalue weighted by molar-refractivity contribution is 6.31. The van der Waals surface area contributed by atoms with E-state index in [1.54, 1.807) is 78.9 Å².